The molecule has 2 aliphatic rings. The van der Waals surface area contributed by atoms with Crippen molar-refractivity contribution in [2.75, 3.05) is 12.0 Å². The van der Waals surface area contributed by atoms with Crippen molar-refractivity contribution in [2.24, 2.45) is 5.73 Å². The predicted octanol–water partition coefficient (Wildman–Crippen LogP) is 7.12. The molecule has 10 heteroatoms. The Morgan fingerprint density at radius 1 is 1.02 bits per heavy atom. The van der Waals surface area contributed by atoms with Gasteiger partial charge in [0.25, 0.3) is 0 Å². The van der Waals surface area contributed by atoms with Crippen LogP contribution in [0.15, 0.2) is 113 Å². The number of halogens is 1. The van der Waals surface area contributed by atoms with Gasteiger partial charge in [-0.1, -0.05) is 18.2 Å². The SMILES string of the molecule is COc1ccc(-c2nn(-c3ccccc3)cc2C2C(C#N)=C(N)N(c3nc(-c4ccc(F)cc4)cs3)C3=C2C(=O)CCC3)cc1. The highest BCUT2D eigenvalue weighted by molar-refractivity contribution is 7.14. The third-order valence-corrected chi connectivity index (χ3v) is 9.00. The molecule has 8 nitrogen and oxygen atoms in total. The quantitative estimate of drug-likeness (QED) is 0.217. The van der Waals surface area contributed by atoms with Gasteiger partial charge >= 0.3 is 0 Å². The van der Waals surface area contributed by atoms with E-state index in [0.717, 1.165) is 22.5 Å². The molecule has 0 radical (unpaired) electrons. The van der Waals surface area contributed by atoms with E-state index in [0.29, 0.717) is 52.7 Å². The van der Waals surface area contributed by atoms with Crippen molar-refractivity contribution in [1.82, 2.24) is 14.8 Å². The molecule has 1 unspecified atom stereocenters. The molecule has 7 rings (SSSR count). The molecule has 0 saturated heterocycles. The summed E-state index contributed by atoms with van der Waals surface area (Å²) in [5.74, 6) is -0.157. The minimum absolute atomic E-state index is 0.0324. The van der Waals surface area contributed by atoms with Crippen molar-refractivity contribution < 1.29 is 13.9 Å². The maximum atomic E-state index is 13.9. The van der Waals surface area contributed by atoms with Gasteiger partial charge in [0.15, 0.2) is 10.9 Å². The molecule has 0 spiro atoms. The number of rotatable bonds is 6. The van der Waals surface area contributed by atoms with Gasteiger partial charge in [-0.15, -0.1) is 11.3 Å². The Labute approximate surface area is 263 Å². The van der Waals surface area contributed by atoms with Gasteiger partial charge < -0.3 is 10.5 Å². The van der Waals surface area contributed by atoms with Crippen LogP contribution in [-0.2, 0) is 4.79 Å². The number of nitrogens with two attached hydrogens (primary N) is 1. The zero-order chi connectivity index (χ0) is 31.1. The number of hydrogen-bond donors (Lipinski definition) is 1. The molecule has 1 atom stereocenters. The van der Waals surface area contributed by atoms with Crippen molar-refractivity contribution >= 4 is 22.3 Å². The van der Waals surface area contributed by atoms with Crippen LogP contribution < -0.4 is 15.4 Å². The number of aromatic nitrogens is 3. The summed E-state index contributed by atoms with van der Waals surface area (Å²) in [5.41, 5.74) is 12.8. The van der Waals surface area contributed by atoms with Crippen LogP contribution >= 0.6 is 11.3 Å². The van der Waals surface area contributed by atoms with Crippen LogP contribution in [0, 0.1) is 17.1 Å². The zero-order valence-electron chi connectivity index (χ0n) is 24.3. The topological polar surface area (TPSA) is 110 Å². The van der Waals surface area contributed by atoms with E-state index in [9.17, 15) is 14.4 Å². The number of allylic oxidation sites excluding steroid dienone is 3. The third kappa shape index (κ3) is 4.97. The van der Waals surface area contributed by atoms with Crippen LogP contribution in [0.3, 0.4) is 0 Å². The average Bonchev–Trinajstić information content (AvgIpc) is 3.74. The smallest absolute Gasteiger partial charge is 0.195 e. The molecular weight excluding hydrogens is 587 g/mol. The molecule has 45 heavy (non-hydrogen) atoms. The van der Waals surface area contributed by atoms with E-state index < -0.39 is 5.92 Å². The largest absolute Gasteiger partial charge is 0.497 e. The number of Topliss-reactive ketones (excluding diaryl/α,β-unsaturated/α-hetero) is 1. The summed E-state index contributed by atoms with van der Waals surface area (Å²) in [5, 5.41) is 18.0. The monoisotopic (exact) mass is 614 g/mol. The Hall–Kier alpha value is -5.53. The Bertz CT molecular complexity index is 2020. The molecule has 5 aromatic rings. The molecule has 0 bridgehead atoms. The van der Waals surface area contributed by atoms with Crippen LogP contribution in [-0.4, -0.2) is 27.7 Å². The Balaban J connectivity index is 1.41. The molecular formula is C35H27FN6O2S. The Kier molecular flexibility index (Phi) is 7.23. The van der Waals surface area contributed by atoms with Crippen molar-refractivity contribution in [3.63, 3.8) is 0 Å². The first-order valence-electron chi connectivity index (χ1n) is 14.4. The molecule has 2 aromatic heterocycles. The standard InChI is InChI=1S/C35H27FN6O2S/c1-44-25-16-12-22(13-17-25)33-27(19-41(40-33)24-6-3-2-4-7-24)31-26(18-37)34(38)42(29-8-5-9-30(43)32(29)31)35-39-28(20-45-35)21-10-14-23(36)15-11-21/h2-4,6-7,10-17,19-20,31H,5,8-9,38H2,1H3. The number of ether oxygens (including phenoxy) is 1. The number of hydrogen-bond acceptors (Lipinski definition) is 8. The van der Waals surface area contributed by atoms with E-state index in [2.05, 4.69) is 6.07 Å². The lowest BCUT2D eigenvalue weighted by Crippen LogP contribution is -2.38. The van der Waals surface area contributed by atoms with Gasteiger partial charge in [-0.05, 0) is 73.5 Å². The van der Waals surface area contributed by atoms with Crippen molar-refractivity contribution in [1.29, 1.82) is 5.26 Å². The predicted molar refractivity (Wildman–Crippen MR) is 171 cm³/mol. The molecule has 3 aromatic carbocycles. The average molecular weight is 615 g/mol. The van der Waals surface area contributed by atoms with Crippen molar-refractivity contribution in [3.8, 4) is 40.0 Å². The first-order valence-corrected chi connectivity index (χ1v) is 15.3. The first-order chi connectivity index (χ1) is 22.0. The highest BCUT2D eigenvalue weighted by Gasteiger charge is 2.42. The highest BCUT2D eigenvalue weighted by atomic mass is 32.1. The molecule has 3 heterocycles. The molecule has 0 fully saturated rings. The second kappa shape index (κ2) is 11.5. The summed E-state index contributed by atoms with van der Waals surface area (Å²) in [4.78, 5) is 20.4. The van der Waals surface area contributed by atoms with E-state index in [-0.39, 0.29) is 23.0 Å². The molecule has 222 valence electrons. The number of methoxy groups -OCH3 is 1. The number of carbonyl (C=O) groups is 1. The maximum Gasteiger partial charge on any atom is 0.195 e. The maximum absolute atomic E-state index is 13.9. The van der Waals surface area contributed by atoms with Gasteiger partial charge in [-0.3, -0.25) is 9.69 Å². The van der Waals surface area contributed by atoms with Crippen molar-refractivity contribution in [2.45, 2.75) is 25.2 Å². The molecule has 1 aliphatic carbocycles. The first kappa shape index (κ1) is 28.3. The fraction of sp³-hybridized carbons (Fsp3) is 0.143. The summed E-state index contributed by atoms with van der Waals surface area (Å²) < 4.78 is 20.7. The molecule has 2 N–H and O–H groups in total. The molecule has 1 aliphatic heterocycles. The van der Waals surface area contributed by atoms with Gasteiger partial charge in [0.05, 0.1) is 41.7 Å². The number of carbonyl (C=O) groups excluding carboxylic acids is 1. The van der Waals surface area contributed by atoms with E-state index >= 15 is 0 Å². The lowest BCUT2D eigenvalue weighted by Gasteiger charge is -2.38. The second-order valence-electron chi connectivity index (χ2n) is 10.8. The second-order valence-corrected chi connectivity index (χ2v) is 11.6. The minimum atomic E-state index is -0.722. The Morgan fingerprint density at radius 3 is 2.47 bits per heavy atom. The fourth-order valence-electron chi connectivity index (χ4n) is 6.02. The van der Waals surface area contributed by atoms with Crippen molar-refractivity contribution in [3.05, 3.63) is 124 Å². The third-order valence-electron chi connectivity index (χ3n) is 8.17. The minimum Gasteiger partial charge on any atom is -0.497 e. The Morgan fingerprint density at radius 2 is 1.76 bits per heavy atom. The fourth-order valence-corrected chi connectivity index (χ4v) is 6.89. The van der Waals surface area contributed by atoms with Crippen LogP contribution in [0.1, 0.15) is 30.7 Å². The number of thiazole rings is 1. The van der Waals surface area contributed by atoms with Crippen LogP contribution in [0.25, 0.3) is 28.2 Å². The summed E-state index contributed by atoms with van der Waals surface area (Å²) in [6, 6.07) is 25.7. The number of nitrogens with zero attached hydrogens (tertiary/aromatic N) is 5. The normalized spacial score (nSPS) is 16.5. The molecule has 0 saturated carbocycles. The van der Waals surface area contributed by atoms with E-state index in [1.807, 2.05) is 66.2 Å². The number of para-hydroxylation sites is 1. The van der Waals surface area contributed by atoms with Gasteiger partial charge in [-0.25, -0.2) is 14.1 Å². The van der Waals surface area contributed by atoms with Gasteiger partial charge in [0.1, 0.15) is 17.4 Å². The zero-order valence-corrected chi connectivity index (χ0v) is 25.1. The van der Waals surface area contributed by atoms with E-state index in [4.69, 9.17) is 20.6 Å². The lowest BCUT2D eigenvalue weighted by atomic mass is 9.75. The highest BCUT2D eigenvalue weighted by Crippen LogP contribution is 2.49. The lowest BCUT2D eigenvalue weighted by molar-refractivity contribution is -0.116. The van der Waals surface area contributed by atoms with Gasteiger partial charge in [0.2, 0.25) is 0 Å². The van der Waals surface area contributed by atoms with Gasteiger partial charge in [0, 0.05) is 46.0 Å². The summed E-state index contributed by atoms with van der Waals surface area (Å²) in [6.07, 6.45) is 3.50. The van der Waals surface area contributed by atoms with E-state index in [1.165, 1.54) is 23.5 Å². The van der Waals surface area contributed by atoms with Crippen LogP contribution in [0.4, 0.5) is 9.52 Å². The number of anilines is 1. The number of benzene rings is 3. The van der Waals surface area contributed by atoms with Gasteiger partial charge in [-0.2, -0.15) is 10.4 Å². The van der Waals surface area contributed by atoms with Crippen LogP contribution in [0.2, 0.25) is 0 Å². The van der Waals surface area contributed by atoms with Crippen LogP contribution in [0.5, 0.6) is 5.75 Å². The number of ketones is 1. The summed E-state index contributed by atoms with van der Waals surface area (Å²) >= 11 is 1.35. The summed E-state index contributed by atoms with van der Waals surface area (Å²) in [7, 11) is 1.61. The van der Waals surface area contributed by atoms with E-state index in [1.54, 1.807) is 28.8 Å². The summed E-state index contributed by atoms with van der Waals surface area (Å²) in [6.45, 7) is 0. The molecule has 0 amide bonds. The number of nitriles is 1.